The first-order chi connectivity index (χ1) is 10.4. The molecule has 2 amide bonds. The summed E-state index contributed by atoms with van der Waals surface area (Å²) in [5.41, 5.74) is 0.597. The van der Waals surface area contributed by atoms with E-state index in [4.69, 9.17) is 9.84 Å². The number of piperidine rings is 1. The number of hydrogen-bond acceptors (Lipinski definition) is 3. The molecule has 1 aromatic rings. The molecular formula is C16H22N2O4. The zero-order chi connectivity index (χ0) is 16.2. The van der Waals surface area contributed by atoms with Gasteiger partial charge in [0.25, 0.3) is 0 Å². The van der Waals surface area contributed by atoms with E-state index in [0.717, 1.165) is 5.56 Å². The lowest BCUT2D eigenvalue weighted by Crippen LogP contribution is -2.56. The number of carboxylic acid groups (broad SMARTS) is 1. The highest BCUT2D eigenvalue weighted by Gasteiger charge is 2.38. The van der Waals surface area contributed by atoms with E-state index in [0.29, 0.717) is 19.5 Å². The van der Waals surface area contributed by atoms with E-state index in [1.807, 2.05) is 44.2 Å². The first kappa shape index (κ1) is 16.1. The summed E-state index contributed by atoms with van der Waals surface area (Å²) >= 11 is 0. The molecule has 1 aliphatic heterocycles. The summed E-state index contributed by atoms with van der Waals surface area (Å²) in [6.07, 6.45) is -0.802. The van der Waals surface area contributed by atoms with Crippen LogP contribution in [-0.4, -0.2) is 41.3 Å². The Hall–Kier alpha value is -2.24. The van der Waals surface area contributed by atoms with Crippen LogP contribution in [0.3, 0.4) is 0 Å². The molecule has 0 aromatic heterocycles. The maximum absolute atomic E-state index is 11.9. The Balaban J connectivity index is 1.85. The molecule has 0 saturated carbocycles. The molecule has 2 N–H and O–H groups in total. The Morgan fingerprint density at radius 3 is 2.64 bits per heavy atom. The van der Waals surface area contributed by atoms with Crippen LogP contribution in [0, 0.1) is 5.41 Å². The molecule has 2 rings (SSSR count). The van der Waals surface area contributed by atoms with Gasteiger partial charge < -0.3 is 20.1 Å². The Morgan fingerprint density at radius 1 is 1.36 bits per heavy atom. The topological polar surface area (TPSA) is 78.9 Å². The Kier molecular flexibility index (Phi) is 4.90. The van der Waals surface area contributed by atoms with Gasteiger partial charge in [-0.25, -0.2) is 9.59 Å². The second-order valence-corrected chi connectivity index (χ2v) is 6.24. The van der Waals surface area contributed by atoms with Crippen molar-refractivity contribution in [2.75, 3.05) is 13.1 Å². The maximum atomic E-state index is 11.9. The van der Waals surface area contributed by atoms with Crippen LogP contribution < -0.4 is 5.32 Å². The summed E-state index contributed by atoms with van der Waals surface area (Å²) in [5.74, 6) is 0. The largest absolute Gasteiger partial charge is 0.465 e. The average Bonchev–Trinajstić information content (AvgIpc) is 2.48. The average molecular weight is 306 g/mol. The number of benzene rings is 1. The Labute approximate surface area is 130 Å². The number of likely N-dealkylation sites (tertiary alicyclic amines) is 1. The fourth-order valence-corrected chi connectivity index (χ4v) is 2.69. The SMILES string of the molecule is CC1(C)CN(C(=O)O)CCC1NC(=O)OCc1ccccc1. The predicted octanol–water partition coefficient (Wildman–Crippen LogP) is 2.69. The van der Waals surface area contributed by atoms with Crippen molar-refractivity contribution in [2.24, 2.45) is 5.41 Å². The van der Waals surface area contributed by atoms with Crippen LogP contribution in [0.1, 0.15) is 25.8 Å². The van der Waals surface area contributed by atoms with Crippen molar-refractivity contribution < 1.29 is 19.4 Å². The van der Waals surface area contributed by atoms with Gasteiger partial charge in [0.05, 0.1) is 0 Å². The zero-order valence-corrected chi connectivity index (χ0v) is 12.9. The second-order valence-electron chi connectivity index (χ2n) is 6.24. The fourth-order valence-electron chi connectivity index (χ4n) is 2.69. The van der Waals surface area contributed by atoms with Crippen LogP contribution in [0.4, 0.5) is 9.59 Å². The smallest absolute Gasteiger partial charge is 0.407 e. The normalized spacial score (nSPS) is 20.3. The molecule has 1 saturated heterocycles. The third-order valence-corrected chi connectivity index (χ3v) is 4.00. The summed E-state index contributed by atoms with van der Waals surface area (Å²) in [6, 6.07) is 9.36. The lowest BCUT2D eigenvalue weighted by Gasteiger charge is -2.43. The van der Waals surface area contributed by atoms with Gasteiger partial charge in [-0.1, -0.05) is 44.2 Å². The molecule has 1 aromatic carbocycles. The van der Waals surface area contributed by atoms with Crippen LogP contribution in [0.2, 0.25) is 0 Å². The molecule has 1 fully saturated rings. The fraction of sp³-hybridized carbons (Fsp3) is 0.500. The molecule has 6 heteroatoms. The molecule has 6 nitrogen and oxygen atoms in total. The summed E-state index contributed by atoms with van der Waals surface area (Å²) in [4.78, 5) is 24.4. The summed E-state index contributed by atoms with van der Waals surface area (Å²) in [6.45, 7) is 4.93. The molecule has 1 atom stereocenters. The minimum Gasteiger partial charge on any atom is -0.465 e. The van der Waals surface area contributed by atoms with Crippen LogP contribution in [0.15, 0.2) is 30.3 Å². The van der Waals surface area contributed by atoms with Gasteiger partial charge in [-0.15, -0.1) is 0 Å². The number of rotatable bonds is 3. The van der Waals surface area contributed by atoms with Gasteiger partial charge in [-0.05, 0) is 12.0 Å². The molecule has 1 unspecified atom stereocenters. The third kappa shape index (κ3) is 4.13. The number of carbonyl (C=O) groups excluding carboxylic acids is 1. The molecule has 0 bridgehead atoms. The second kappa shape index (κ2) is 6.68. The first-order valence-corrected chi connectivity index (χ1v) is 7.33. The molecule has 0 aliphatic carbocycles. The van der Waals surface area contributed by atoms with Crippen molar-refractivity contribution >= 4 is 12.2 Å². The molecule has 0 radical (unpaired) electrons. The Bertz CT molecular complexity index is 530. The van der Waals surface area contributed by atoms with Gasteiger partial charge in [0.2, 0.25) is 0 Å². The van der Waals surface area contributed by atoms with Gasteiger partial charge in [-0.2, -0.15) is 0 Å². The number of alkyl carbamates (subject to hydrolysis) is 1. The number of amides is 2. The van der Waals surface area contributed by atoms with Crippen molar-refractivity contribution in [3.63, 3.8) is 0 Å². The molecular weight excluding hydrogens is 284 g/mol. The molecule has 0 spiro atoms. The van der Waals surface area contributed by atoms with Crippen molar-refractivity contribution in [3.05, 3.63) is 35.9 Å². The summed E-state index contributed by atoms with van der Waals surface area (Å²) < 4.78 is 5.22. The standard InChI is InChI=1S/C16H22N2O4/c1-16(2)11-18(15(20)21)9-8-13(16)17-14(19)22-10-12-6-4-3-5-7-12/h3-7,13H,8-11H2,1-2H3,(H,17,19)(H,20,21). The van der Waals surface area contributed by atoms with E-state index < -0.39 is 12.2 Å². The van der Waals surface area contributed by atoms with Crippen LogP contribution in [0.25, 0.3) is 0 Å². The zero-order valence-electron chi connectivity index (χ0n) is 12.9. The highest BCUT2D eigenvalue weighted by atomic mass is 16.5. The summed E-state index contributed by atoms with van der Waals surface area (Å²) in [7, 11) is 0. The molecule has 1 aliphatic rings. The first-order valence-electron chi connectivity index (χ1n) is 7.33. The number of carbonyl (C=O) groups is 2. The van der Waals surface area contributed by atoms with Crippen molar-refractivity contribution in [3.8, 4) is 0 Å². The van der Waals surface area contributed by atoms with Crippen LogP contribution >= 0.6 is 0 Å². The number of ether oxygens (including phenoxy) is 1. The van der Waals surface area contributed by atoms with Gasteiger partial charge in [0.1, 0.15) is 6.61 Å². The minimum atomic E-state index is -0.918. The lowest BCUT2D eigenvalue weighted by molar-refractivity contribution is 0.0643. The predicted molar refractivity (Wildman–Crippen MR) is 81.5 cm³/mol. The van der Waals surface area contributed by atoms with E-state index in [1.165, 1.54) is 4.90 Å². The van der Waals surface area contributed by atoms with E-state index in [-0.39, 0.29) is 18.1 Å². The van der Waals surface area contributed by atoms with E-state index in [1.54, 1.807) is 0 Å². The number of nitrogens with one attached hydrogen (secondary N) is 1. The van der Waals surface area contributed by atoms with Gasteiger partial charge in [0, 0.05) is 24.5 Å². The monoisotopic (exact) mass is 306 g/mol. The quantitative estimate of drug-likeness (QED) is 0.900. The van der Waals surface area contributed by atoms with Crippen molar-refractivity contribution in [1.29, 1.82) is 0 Å². The number of hydrogen-bond donors (Lipinski definition) is 2. The van der Waals surface area contributed by atoms with Crippen LogP contribution in [-0.2, 0) is 11.3 Å². The molecule has 1 heterocycles. The molecule has 22 heavy (non-hydrogen) atoms. The Morgan fingerprint density at radius 2 is 2.05 bits per heavy atom. The molecule has 120 valence electrons. The van der Waals surface area contributed by atoms with Gasteiger partial charge >= 0.3 is 12.2 Å². The highest BCUT2D eigenvalue weighted by molar-refractivity contribution is 5.68. The van der Waals surface area contributed by atoms with Crippen molar-refractivity contribution in [2.45, 2.75) is 32.9 Å². The number of nitrogens with zero attached hydrogens (tertiary/aromatic N) is 1. The lowest BCUT2D eigenvalue weighted by atomic mass is 9.79. The van der Waals surface area contributed by atoms with E-state index in [2.05, 4.69) is 5.32 Å². The van der Waals surface area contributed by atoms with E-state index in [9.17, 15) is 9.59 Å². The summed E-state index contributed by atoms with van der Waals surface area (Å²) in [5, 5.41) is 11.9. The van der Waals surface area contributed by atoms with Crippen molar-refractivity contribution in [1.82, 2.24) is 10.2 Å². The van der Waals surface area contributed by atoms with Crippen LogP contribution in [0.5, 0.6) is 0 Å². The minimum absolute atomic E-state index is 0.105. The van der Waals surface area contributed by atoms with Gasteiger partial charge in [-0.3, -0.25) is 0 Å². The highest BCUT2D eigenvalue weighted by Crippen LogP contribution is 2.29. The van der Waals surface area contributed by atoms with Gasteiger partial charge in [0.15, 0.2) is 0 Å². The third-order valence-electron chi connectivity index (χ3n) is 4.00. The maximum Gasteiger partial charge on any atom is 0.407 e. The van der Waals surface area contributed by atoms with E-state index >= 15 is 0 Å².